The minimum Gasteiger partial charge on any atom is -0.478 e. The molecule has 0 aliphatic carbocycles. The molecular formula is C10H8O4S. The van der Waals surface area contributed by atoms with Gasteiger partial charge in [-0.1, -0.05) is 5.92 Å². The number of aromatic carboxylic acids is 1. The molecule has 0 fully saturated rings. The van der Waals surface area contributed by atoms with Gasteiger partial charge in [-0.25, -0.2) is 13.2 Å². The largest absolute Gasteiger partial charge is 0.478 e. The Morgan fingerprint density at radius 2 is 1.80 bits per heavy atom. The fourth-order valence-corrected chi connectivity index (χ4v) is 1.85. The Kier molecular flexibility index (Phi) is 3.12. The molecule has 0 heterocycles. The van der Waals surface area contributed by atoms with E-state index in [1.807, 2.05) is 0 Å². The first-order chi connectivity index (χ1) is 6.97. The molecule has 0 aliphatic rings. The van der Waals surface area contributed by atoms with Crippen molar-refractivity contribution in [2.45, 2.75) is 11.8 Å². The van der Waals surface area contributed by atoms with Crippen LogP contribution in [-0.2, 0) is 9.84 Å². The molecule has 0 radical (unpaired) electrons. The second kappa shape index (κ2) is 4.15. The van der Waals surface area contributed by atoms with Crippen LogP contribution in [0.5, 0.6) is 0 Å². The molecule has 1 N–H and O–H groups in total. The van der Waals surface area contributed by atoms with Crippen LogP contribution in [0.2, 0.25) is 0 Å². The highest BCUT2D eigenvalue weighted by Crippen LogP contribution is 2.11. The van der Waals surface area contributed by atoms with Gasteiger partial charge in [0.1, 0.15) is 0 Å². The summed E-state index contributed by atoms with van der Waals surface area (Å²) in [5.74, 6) is 1.19. The van der Waals surface area contributed by atoms with Crippen molar-refractivity contribution >= 4 is 15.8 Å². The van der Waals surface area contributed by atoms with E-state index in [2.05, 4.69) is 11.2 Å². The summed E-state index contributed by atoms with van der Waals surface area (Å²) in [5, 5.41) is 10.7. The van der Waals surface area contributed by atoms with Gasteiger partial charge in [0.2, 0.25) is 9.84 Å². The third-order valence-electron chi connectivity index (χ3n) is 1.65. The van der Waals surface area contributed by atoms with E-state index in [1.165, 1.54) is 31.2 Å². The molecule has 0 aromatic heterocycles. The van der Waals surface area contributed by atoms with Gasteiger partial charge in [0.05, 0.1) is 10.5 Å². The summed E-state index contributed by atoms with van der Waals surface area (Å²) in [6.07, 6.45) is 0. The Balaban J connectivity index is 3.19. The molecular weight excluding hydrogens is 216 g/mol. The molecule has 0 bridgehead atoms. The topological polar surface area (TPSA) is 71.4 Å². The van der Waals surface area contributed by atoms with E-state index in [0.29, 0.717) is 0 Å². The van der Waals surface area contributed by atoms with E-state index >= 15 is 0 Å². The zero-order chi connectivity index (χ0) is 11.5. The lowest BCUT2D eigenvalue weighted by Crippen LogP contribution is -1.99. The second-order valence-electron chi connectivity index (χ2n) is 2.69. The third kappa shape index (κ3) is 2.58. The number of benzene rings is 1. The molecule has 0 spiro atoms. The van der Waals surface area contributed by atoms with Gasteiger partial charge >= 0.3 is 5.97 Å². The molecule has 1 aromatic carbocycles. The first-order valence-electron chi connectivity index (χ1n) is 3.99. The Bertz CT molecular complexity index is 529. The third-order valence-corrected chi connectivity index (χ3v) is 3.01. The van der Waals surface area contributed by atoms with Crippen LogP contribution in [-0.4, -0.2) is 19.5 Å². The molecule has 1 rings (SSSR count). The maximum atomic E-state index is 11.4. The average Bonchev–Trinajstić information content (AvgIpc) is 2.18. The van der Waals surface area contributed by atoms with E-state index < -0.39 is 15.8 Å². The number of carboxylic acid groups (broad SMARTS) is 1. The molecule has 1 aromatic rings. The standard InChI is InChI=1S/C10H8O4S/c1-2-7-15(13,14)9-5-3-8(4-6-9)10(11)12/h3-6H,1H3,(H,11,12). The highest BCUT2D eigenvalue weighted by Gasteiger charge is 2.11. The summed E-state index contributed by atoms with van der Waals surface area (Å²) >= 11 is 0. The lowest BCUT2D eigenvalue weighted by Gasteiger charge is -1.97. The quantitative estimate of drug-likeness (QED) is 0.604. The number of carboxylic acids is 1. The van der Waals surface area contributed by atoms with Crippen LogP contribution in [0.4, 0.5) is 0 Å². The molecule has 4 nitrogen and oxygen atoms in total. The van der Waals surface area contributed by atoms with Gasteiger partial charge in [0, 0.05) is 5.25 Å². The minimum absolute atomic E-state index is 0.00171. The van der Waals surface area contributed by atoms with Gasteiger partial charge in [-0.15, -0.1) is 0 Å². The summed E-state index contributed by atoms with van der Waals surface area (Å²) in [5.41, 5.74) is 0.0402. The van der Waals surface area contributed by atoms with E-state index in [9.17, 15) is 13.2 Å². The van der Waals surface area contributed by atoms with Crippen LogP contribution in [0, 0.1) is 11.2 Å². The van der Waals surface area contributed by atoms with Gasteiger partial charge < -0.3 is 5.11 Å². The predicted molar refractivity (Wildman–Crippen MR) is 54.0 cm³/mol. The van der Waals surface area contributed by atoms with E-state index in [0.717, 1.165) is 0 Å². The molecule has 78 valence electrons. The van der Waals surface area contributed by atoms with Crippen LogP contribution >= 0.6 is 0 Å². The maximum absolute atomic E-state index is 11.4. The van der Waals surface area contributed by atoms with Crippen molar-refractivity contribution in [1.29, 1.82) is 0 Å². The predicted octanol–water partition coefficient (Wildman–Crippen LogP) is 1.14. The van der Waals surface area contributed by atoms with Crippen LogP contribution in [0.25, 0.3) is 0 Å². The number of rotatable bonds is 2. The lowest BCUT2D eigenvalue weighted by molar-refractivity contribution is 0.0697. The summed E-state index contributed by atoms with van der Waals surface area (Å²) in [4.78, 5) is 10.5. The smallest absolute Gasteiger partial charge is 0.335 e. The summed E-state index contributed by atoms with van der Waals surface area (Å²) < 4.78 is 22.8. The Labute approximate surface area is 87.5 Å². The minimum atomic E-state index is -3.61. The second-order valence-corrected chi connectivity index (χ2v) is 4.37. The van der Waals surface area contributed by atoms with E-state index in [-0.39, 0.29) is 10.5 Å². The van der Waals surface area contributed by atoms with Gasteiger partial charge in [-0.3, -0.25) is 0 Å². The van der Waals surface area contributed by atoms with Gasteiger partial charge in [-0.2, -0.15) is 0 Å². The first kappa shape index (κ1) is 11.3. The fraction of sp³-hybridized carbons (Fsp3) is 0.100. The summed E-state index contributed by atoms with van der Waals surface area (Å²) in [6, 6.07) is 4.91. The van der Waals surface area contributed by atoms with Crippen LogP contribution in [0.3, 0.4) is 0 Å². The Hall–Kier alpha value is -1.80. The van der Waals surface area contributed by atoms with Crippen LogP contribution in [0.15, 0.2) is 29.2 Å². The zero-order valence-electron chi connectivity index (χ0n) is 7.89. The highest BCUT2D eigenvalue weighted by atomic mass is 32.2. The van der Waals surface area contributed by atoms with E-state index in [1.54, 1.807) is 0 Å². The van der Waals surface area contributed by atoms with Crippen molar-refractivity contribution in [2.75, 3.05) is 0 Å². The Morgan fingerprint density at radius 1 is 1.27 bits per heavy atom. The molecule has 0 amide bonds. The molecule has 0 saturated carbocycles. The van der Waals surface area contributed by atoms with Gasteiger partial charge in [0.15, 0.2) is 0 Å². The number of carbonyl (C=O) groups is 1. The monoisotopic (exact) mass is 224 g/mol. The van der Waals surface area contributed by atoms with Crippen molar-refractivity contribution < 1.29 is 18.3 Å². The van der Waals surface area contributed by atoms with Crippen molar-refractivity contribution in [3.05, 3.63) is 29.8 Å². The fourth-order valence-electron chi connectivity index (χ4n) is 0.970. The molecule has 0 unspecified atom stereocenters. The van der Waals surface area contributed by atoms with Crippen LogP contribution < -0.4 is 0 Å². The molecule has 15 heavy (non-hydrogen) atoms. The summed E-state index contributed by atoms with van der Waals surface area (Å²) in [6.45, 7) is 1.42. The van der Waals surface area contributed by atoms with Crippen LogP contribution in [0.1, 0.15) is 17.3 Å². The van der Waals surface area contributed by atoms with Crippen molar-refractivity contribution in [2.24, 2.45) is 0 Å². The Morgan fingerprint density at radius 3 is 2.20 bits per heavy atom. The molecule has 0 saturated heterocycles. The van der Waals surface area contributed by atoms with E-state index in [4.69, 9.17) is 5.11 Å². The number of sulfone groups is 1. The zero-order valence-corrected chi connectivity index (χ0v) is 8.71. The van der Waals surface area contributed by atoms with Crippen molar-refractivity contribution in [3.63, 3.8) is 0 Å². The number of hydrogen-bond acceptors (Lipinski definition) is 3. The lowest BCUT2D eigenvalue weighted by atomic mass is 10.2. The average molecular weight is 224 g/mol. The maximum Gasteiger partial charge on any atom is 0.335 e. The van der Waals surface area contributed by atoms with Gasteiger partial charge in [-0.05, 0) is 31.2 Å². The highest BCUT2D eigenvalue weighted by molar-refractivity contribution is 7.96. The molecule has 0 aliphatic heterocycles. The van der Waals surface area contributed by atoms with Crippen molar-refractivity contribution in [1.82, 2.24) is 0 Å². The molecule has 0 atom stereocenters. The summed E-state index contributed by atoms with van der Waals surface area (Å²) in [7, 11) is -3.61. The first-order valence-corrected chi connectivity index (χ1v) is 5.47. The van der Waals surface area contributed by atoms with Gasteiger partial charge in [0.25, 0.3) is 0 Å². The normalized spacial score (nSPS) is 10.2. The molecule has 5 heteroatoms. The SMILES string of the molecule is CC#CS(=O)(=O)c1ccc(C(=O)O)cc1. The van der Waals surface area contributed by atoms with Crippen molar-refractivity contribution in [3.8, 4) is 11.2 Å². The number of hydrogen-bond donors (Lipinski definition) is 1.